The maximum Gasteiger partial charge on any atom is 0.338 e. The molecule has 3 aromatic carbocycles. The number of hydrogen-bond acceptors (Lipinski definition) is 5. The van der Waals surface area contributed by atoms with Crippen molar-refractivity contribution in [2.24, 2.45) is 0 Å². The zero-order valence-corrected chi connectivity index (χ0v) is 19.9. The number of para-hydroxylation sites is 1. The molecule has 9 heteroatoms. The Balaban J connectivity index is 1.69. The van der Waals surface area contributed by atoms with E-state index in [1.54, 1.807) is 43.3 Å². The summed E-state index contributed by atoms with van der Waals surface area (Å²) in [5.41, 5.74) is 2.66. The van der Waals surface area contributed by atoms with E-state index >= 15 is 0 Å². The van der Waals surface area contributed by atoms with Gasteiger partial charge < -0.3 is 10.1 Å². The van der Waals surface area contributed by atoms with E-state index in [9.17, 15) is 18.0 Å². The van der Waals surface area contributed by atoms with Crippen LogP contribution in [0, 0.1) is 13.8 Å². The highest BCUT2D eigenvalue weighted by Crippen LogP contribution is 2.27. The maximum atomic E-state index is 13.0. The standard InChI is InChI=1S/C24H23ClN2O5S/c1-16-12-17(2)23(21(25)13-16)26-22(28)15-32-24(29)18-8-7-11-20(14-18)33(30,31)27(3)19-9-5-4-6-10-19/h4-14H,15H2,1-3H3,(H,26,28). The van der Waals surface area contributed by atoms with Crippen LogP contribution in [0.5, 0.6) is 0 Å². The molecule has 0 fully saturated rings. The van der Waals surface area contributed by atoms with Gasteiger partial charge in [-0.1, -0.05) is 41.9 Å². The SMILES string of the molecule is Cc1cc(C)c(NC(=O)COC(=O)c2cccc(S(=O)(=O)N(C)c3ccccc3)c2)c(Cl)c1. The number of carbonyl (C=O) groups excluding carboxylic acids is 2. The van der Waals surface area contributed by atoms with Gasteiger partial charge >= 0.3 is 5.97 Å². The van der Waals surface area contributed by atoms with Crippen molar-refractivity contribution in [1.82, 2.24) is 0 Å². The molecular weight excluding hydrogens is 464 g/mol. The average molecular weight is 487 g/mol. The number of aryl methyl sites for hydroxylation is 2. The first-order chi connectivity index (χ1) is 15.6. The predicted octanol–water partition coefficient (Wildman–Crippen LogP) is 4.58. The van der Waals surface area contributed by atoms with E-state index in [0.29, 0.717) is 16.4 Å². The zero-order chi connectivity index (χ0) is 24.2. The van der Waals surface area contributed by atoms with Crippen LogP contribution in [0.2, 0.25) is 5.02 Å². The van der Waals surface area contributed by atoms with Gasteiger partial charge in [-0.3, -0.25) is 9.10 Å². The third-order valence-corrected chi connectivity index (χ3v) is 6.96. The van der Waals surface area contributed by atoms with Crippen LogP contribution in [-0.2, 0) is 19.6 Å². The van der Waals surface area contributed by atoms with Crippen molar-refractivity contribution in [1.29, 1.82) is 0 Å². The molecule has 1 amide bonds. The van der Waals surface area contributed by atoms with Gasteiger partial charge in [-0.15, -0.1) is 0 Å². The smallest absolute Gasteiger partial charge is 0.338 e. The van der Waals surface area contributed by atoms with E-state index in [2.05, 4.69) is 5.32 Å². The summed E-state index contributed by atoms with van der Waals surface area (Å²) in [5, 5.41) is 3.01. The fraction of sp³-hybridized carbons (Fsp3) is 0.167. The van der Waals surface area contributed by atoms with Crippen LogP contribution in [0.4, 0.5) is 11.4 Å². The van der Waals surface area contributed by atoms with Crippen LogP contribution in [0.15, 0.2) is 71.6 Å². The van der Waals surface area contributed by atoms with Crippen LogP contribution in [0.3, 0.4) is 0 Å². The van der Waals surface area contributed by atoms with E-state index in [0.717, 1.165) is 15.4 Å². The molecule has 0 aliphatic carbocycles. The lowest BCUT2D eigenvalue weighted by atomic mass is 10.1. The number of halogens is 1. The minimum absolute atomic E-state index is 0.00915. The summed E-state index contributed by atoms with van der Waals surface area (Å²) in [7, 11) is -2.47. The van der Waals surface area contributed by atoms with Crippen molar-refractivity contribution in [3.63, 3.8) is 0 Å². The molecule has 1 N–H and O–H groups in total. The Bertz CT molecular complexity index is 1270. The van der Waals surface area contributed by atoms with Crippen LogP contribution < -0.4 is 9.62 Å². The van der Waals surface area contributed by atoms with Gasteiger partial charge in [0, 0.05) is 7.05 Å². The Kier molecular flexibility index (Phi) is 7.40. The molecule has 0 atom stereocenters. The first kappa shape index (κ1) is 24.3. The number of nitrogens with one attached hydrogen (secondary N) is 1. The molecule has 0 aliphatic heterocycles. The van der Waals surface area contributed by atoms with Crippen LogP contribution in [0.1, 0.15) is 21.5 Å². The van der Waals surface area contributed by atoms with Gasteiger partial charge in [0.15, 0.2) is 6.61 Å². The normalized spacial score (nSPS) is 11.0. The zero-order valence-electron chi connectivity index (χ0n) is 18.3. The Morgan fingerprint density at radius 1 is 1.00 bits per heavy atom. The summed E-state index contributed by atoms with van der Waals surface area (Å²) in [6.07, 6.45) is 0. The van der Waals surface area contributed by atoms with Crippen LogP contribution >= 0.6 is 11.6 Å². The van der Waals surface area contributed by atoms with Gasteiger partial charge in [0.25, 0.3) is 15.9 Å². The Labute approximate surface area is 198 Å². The largest absolute Gasteiger partial charge is 0.452 e. The van der Waals surface area contributed by atoms with Gasteiger partial charge in [0.05, 0.1) is 26.9 Å². The van der Waals surface area contributed by atoms with Crippen molar-refractivity contribution in [3.05, 3.63) is 88.4 Å². The molecule has 0 aromatic heterocycles. The number of carbonyl (C=O) groups is 2. The number of benzene rings is 3. The number of hydrogen-bond donors (Lipinski definition) is 1. The van der Waals surface area contributed by atoms with Gasteiger partial charge in [-0.2, -0.15) is 0 Å². The first-order valence-corrected chi connectivity index (χ1v) is 11.8. The molecule has 0 aliphatic rings. The third kappa shape index (κ3) is 5.71. The number of anilines is 2. The minimum atomic E-state index is -3.90. The lowest BCUT2D eigenvalue weighted by molar-refractivity contribution is -0.119. The first-order valence-electron chi connectivity index (χ1n) is 9.97. The molecule has 0 heterocycles. The van der Waals surface area contributed by atoms with Crippen molar-refractivity contribution in [3.8, 4) is 0 Å². The number of esters is 1. The van der Waals surface area contributed by atoms with Crippen LogP contribution in [-0.4, -0.2) is 33.9 Å². The number of amides is 1. The number of ether oxygens (including phenoxy) is 1. The Hall–Kier alpha value is -3.36. The van der Waals surface area contributed by atoms with E-state index < -0.39 is 28.5 Å². The predicted molar refractivity (Wildman–Crippen MR) is 128 cm³/mol. The molecule has 3 rings (SSSR count). The molecule has 0 saturated heterocycles. The van der Waals surface area contributed by atoms with Gasteiger partial charge in [-0.25, -0.2) is 13.2 Å². The number of sulfonamides is 1. The maximum absolute atomic E-state index is 13.0. The monoisotopic (exact) mass is 486 g/mol. The molecule has 0 spiro atoms. The van der Waals surface area contributed by atoms with Crippen molar-refractivity contribution in [2.45, 2.75) is 18.7 Å². The Morgan fingerprint density at radius 3 is 2.36 bits per heavy atom. The molecule has 0 saturated carbocycles. The summed E-state index contributed by atoms with van der Waals surface area (Å²) in [5.74, 6) is -1.39. The number of rotatable bonds is 7. The highest BCUT2D eigenvalue weighted by molar-refractivity contribution is 7.92. The van der Waals surface area contributed by atoms with E-state index in [1.807, 2.05) is 13.0 Å². The molecule has 172 valence electrons. The summed E-state index contributed by atoms with van der Waals surface area (Å²) < 4.78 is 32.1. The summed E-state index contributed by atoms with van der Waals surface area (Å²) >= 11 is 6.18. The second-order valence-electron chi connectivity index (χ2n) is 7.40. The average Bonchev–Trinajstić information content (AvgIpc) is 2.80. The van der Waals surface area contributed by atoms with Crippen molar-refractivity contribution >= 4 is 44.9 Å². The second kappa shape index (κ2) is 10.1. The van der Waals surface area contributed by atoms with Crippen molar-refractivity contribution in [2.75, 3.05) is 23.3 Å². The topological polar surface area (TPSA) is 92.8 Å². The molecule has 7 nitrogen and oxygen atoms in total. The minimum Gasteiger partial charge on any atom is -0.452 e. The van der Waals surface area contributed by atoms with Crippen LogP contribution in [0.25, 0.3) is 0 Å². The lowest BCUT2D eigenvalue weighted by Gasteiger charge is -2.19. The Morgan fingerprint density at radius 2 is 1.70 bits per heavy atom. The highest BCUT2D eigenvalue weighted by Gasteiger charge is 2.23. The highest BCUT2D eigenvalue weighted by atomic mass is 35.5. The van der Waals surface area contributed by atoms with E-state index in [1.165, 1.54) is 31.3 Å². The molecular formula is C24H23ClN2O5S. The lowest BCUT2D eigenvalue weighted by Crippen LogP contribution is -2.26. The molecule has 0 radical (unpaired) electrons. The third-order valence-electron chi connectivity index (χ3n) is 4.88. The quantitative estimate of drug-likeness (QED) is 0.493. The molecule has 3 aromatic rings. The molecule has 0 unspecified atom stereocenters. The summed E-state index contributed by atoms with van der Waals surface area (Å²) in [6.45, 7) is 3.14. The second-order valence-corrected chi connectivity index (χ2v) is 9.78. The van der Waals surface area contributed by atoms with E-state index in [4.69, 9.17) is 16.3 Å². The molecule has 0 bridgehead atoms. The van der Waals surface area contributed by atoms with Gasteiger partial charge in [0.1, 0.15) is 0 Å². The summed E-state index contributed by atoms with van der Waals surface area (Å²) in [4.78, 5) is 24.6. The van der Waals surface area contributed by atoms with Gasteiger partial charge in [-0.05, 0) is 61.4 Å². The summed E-state index contributed by atoms with van der Waals surface area (Å²) in [6, 6.07) is 17.6. The fourth-order valence-corrected chi connectivity index (χ4v) is 4.79. The van der Waals surface area contributed by atoms with Gasteiger partial charge in [0.2, 0.25) is 0 Å². The fourth-order valence-electron chi connectivity index (χ4n) is 3.18. The van der Waals surface area contributed by atoms with Crippen molar-refractivity contribution < 1.29 is 22.7 Å². The molecule has 33 heavy (non-hydrogen) atoms. The van der Waals surface area contributed by atoms with E-state index in [-0.39, 0.29) is 10.5 Å². The number of nitrogens with zero attached hydrogens (tertiary/aromatic N) is 1.